The lowest BCUT2D eigenvalue weighted by atomic mass is 10.3. The van der Waals surface area contributed by atoms with Crippen LogP contribution in [-0.2, 0) is 0 Å². The molecule has 20 heavy (non-hydrogen) atoms. The molecule has 0 fully saturated rings. The standard InChI is InChI=1S/C14H12FN5/c1-10-6-14(17-9-16-10)19-11-7-18-20(8-11)13-5-3-2-4-12(13)15/h2-9H,1H3,(H,16,17,19). The zero-order valence-electron chi connectivity index (χ0n) is 10.8. The van der Waals surface area contributed by atoms with E-state index in [2.05, 4.69) is 20.4 Å². The molecule has 2 heterocycles. The van der Waals surface area contributed by atoms with Crippen LogP contribution in [0, 0.1) is 12.7 Å². The van der Waals surface area contributed by atoms with Crippen LogP contribution >= 0.6 is 0 Å². The minimum absolute atomic E-state index is 0.319. The molecule has 3 rings (SSSR count). The zero-order valence-corrected chi connectivity index (χ0v) is 10.8. The topological polar surface area (TPSA) is 55.6 Å². The number of nitrogens with one attached hydrogen (secondary N) is 1. The Morgan fingerprint density at radius 3 is 2.85 bits per heavy atom. The maximum absolute atomic E-state index is 13.7. The molecule has 5 nitrogen and oxygen atoms in total. The lowest BCUT2D eigenvalue weighted by Crippen LogP contribution is -1.97. The Kier molecular flexibility index (Phi) is 3.12. The largest absolute Gasteiger partial charge is 0.338 e. The van der Waals surface area contributed by atoms with Gasteiger partial charge >= 0.3 is 0 Å². The fraction of sp³-hybridized carbons (Fsp3) is 0.0714. The van der Waals surface area contributed by atoms with Crippen molar-refractivity contribution < 1.29 is 4.39 Å². The van der Waals surface area contributed by atoms with E-state index >= 15 is 0 Å². The first-order chi connectivity index (χ1) is 9.72. The average molecular weight is 269 g/mol. The molecule has 0 bridgehead atoms. The summed E-state index contributed by atoms with van der Waals surface area (Å²) >= 11 is 0. The number of hydrogen-bond acceptors (Lipinski definition) is 4. The highest BCUT2D eigenvalue weighted by molar-refractivity contribution is 5.54. The molecule has 0 spiro atoms. The number of hydrogen-bond donors (Lipinski definition) is 1. The van der Waals surface area contributed by atoms with Crippen molar-refractivity contribution in [1.29, 1.82) is 0 Å². The smallest absolute Gasteiger partial charge is 0.148 e. The fourth-order valence-corrected chi connectivity index (χ4v) is 1.83. The number of rotatable bonds is 3. The minimum atomic E-state index is -0.319. The number of anilines is 2. The molecule has 0 aliphatic carbocycles. The number of aryl methyl sites for hydroxylation is 1. The van der Waals surface area contributed by atoms with Gasteiger partial charge in [0, 0.05) is 11.8 Å². The van der Waals surface area contributed by atoms with Crippen LogP contribution in [0.1, 0.15) is 5.69 Å². The summed E-state index contributed by atoms with van der Waals surface area (Å²) in [5.41, 5.74) is 2.00. The van der Waals surface area contributed by atoms with Gasteiger partial charge in [0.2, 0.25) is 0 Å². The first-order valence-electron chi connectivity index (χ1n) is 6.07. The number of halogens is 1. The monoisotopic (exact) mass is 269 g/mol. The van der Waals surface area contributed by atoms with Crippen LogP contribution in [0.3, 0.4) is 0 Å². The molecule has 0 saturated heterocycles. The molecule has 0 radical (unpaired) electrons. The van der Waals surface area contributed by atoms with Crippen molar-refractivity contribution in [3.63, 3.8) is 0 Å². The SMILES string of the molecule is Cc1cc(Nc2cnn(-c3ccccc3F)c2)ncn1. The van der Waals surface area contributed by atoms with Gasteiger partial charge in [-0.3, -0.25) is 0 Å². The van der Waals surface area contributed by atoms with Crippen molar-refractivity contribution in [3.05, 3.63) is 60.6 Å². The molecule has 0 aliphatic rings. The average Bonchev–Trinajstić information content (AvgIpc) is 2.87. The first kappa shape index (κ1) is 12.3. The first-order valence-corrected chi connectivity index (χ1v) is 6.07. The predicted octanol–water partition coefficient (Wildman–Crippen LogP) is 2.85. The van der Waals surface area contributed by atoms with Crippen LogP contribution in [0.5, 0.6) is 0 Å². The summed E-state index contributed by atoms with van der Waals surface area (Å²) in [6.07, 6.45) is 4.80. The molecule has 0 amide bonds. The summed E-state index contributed by atoms with van der Waals surface area (Å²) in [4.78, 5) is 8.13. The number of para-hydroxylation sites is 1. The molecule has 1 N–H and O–H groups in total. The minimum Gasteiger partial charge on any atom is -0.338 e. The molecule has 1 aromatic carbocycles. The van der Waals surface area contributed by atoms with Gasteiger partial charge in [-0.2, -0.15) is 5.10 Å². The van der Waals surface area contributed by atoms with Gasteiger partial charge < -0.3 is 5.32 Å². The summed E-state index contributed by atoms with van der Waals surface area (Å²) in [5.74, 6) is 0.352. The Labute approximate surface area is 115 Å². The van der Waals surface area contributed by atoms with Crippen molar-refractivity contribution in [2.75, 3.05) is 5.32 Å². The van der Waals surface area contributed by atoms with E-state index in [-0.39, 0.29) is 5.82 Å². The summed E-state index contributed by atoms with van der Waals surface area (Å²) in [6.45, 7) is 1.88. The third-order valence-electron chi connectivity index (χ3n) is 2.76. The molecule has 2 aromatic heterocycles. The molecule has 100 valence electrons. The second-order valence-electron chi connectivity index (χ2n) is 4.29. The Bertz CT molecular complexity index is 738. The van der Waals surface area contributed by atoms with Gasteiger partial charge in [-0.1, -0.05) is 12.1 Å². The number of benzene rings is 1. The van der Waals surface area contributed by atoms with Crippen molar-refractivity contribution in [1.82, 2.24) is 19.7 Å². The third-order valence-corrected chi connectivity index (χ3v) is 2.76. The van der Waals surface area contributed by atoms with Gasteiger partial charge in [-0.05, 0) is 19.1 Å². The Hall–Kier alpha value is -2.76. The molecule has 6 heteroatoms. The highest BCUT2D eigenvalue weighted by Gasteiger charge is 2.06. The van der Waals surface area contributed by atoms with E-state index in [1.54, 1.807) is 30.6 Å². The summed E-state index contributed by atoms with van der Waals surface area (Å²) < 4.78 is 15.1. The predicted molar refractivity (Wildman–Crippen MR) is 73.6 cm³/mol. The summed E-state index contributed by atoms with van der Waals surface area (Å²) in [7, 11) is 0. The van der Waals surface area contributed by atoms with Crippen LogP contribution in [0.15, 0.2) is 49.1 Å². The molecule has 0 aliphatic heterocycles. The van der Waals surface area contributed by atoms with Gasteiger partial charge in [0.15, 0.2) is 0 Å². The van der Waals surface area contributed by atoms with Gasteiger partial charge in [0.1, 0.15) is 23.6 Å². The van der Waals surface area contributed by atoms with Gasteiger partial charge in [-0.15, -0.1) is 0 Å². The quantitative estimate of drug-likeness (QED) is 0.794. The second-order valence-corrected chi connectivity index (χ2v) is 4.29. The highest BCUT2D eigenvalue weighted by atomic mass is 19.1. The molecular formula is C14H12FN5. The third kappa shape index (κ3) is 2.49. The van der Waals surface area contributed by atoms with Gasteiger partial charge in [0.25, 0.3) is 0 Å². The van der Waals surface area contributed by atoms with Gasteiger partial charge in [-0.25, -0.2) is 19.0 Å². The normalized spacial score (nSPS) is 10.5. The van der Waals surface area contributed by atoms with E-state index in [0.29, 0.717) is 11.5 Å². The second kappa shape index (κ2) is 5.08. The molecule has 0 saturated carbocycles. The summed E-state index contributed by atoms with van der Waals surface area (Å²) in [5, 5.41) is 7.23. The van der Waals surface area contributed by atoms with E-state index in [4.69, 9.17) is 0 Å². The molecule has 0 unspecified atom stereocenters. The van der Waals surface area contributed by atoms with Crippen LogP contribution in [0.2, 0.25) is 0 Å². The van der Waals surface area contributed by atoms with Crippen molar-refractivity contribution >= 4 is 11.5 Å². The van der Waals surface area contributed by atoms with E-state index in [0.717, 1.165) is 11.4 Å². The van der Waals surface area contributed by atoms with Gasteiger partial charge in [0.05, 0.1) is 18.1 Å². The van der Waals surface area contributed by atoms with Crippen molar-refractivity contribution in [2.24, 2.45) is 0 Å². The highest BCUT2D eigenvalue weighted by Crippen LogP contribution is 2.17. The number of nitrogens with zero attached hydrogens (tertiary/aromatic N) is 4. The molecule has 0 atom stereocenters. The van der Waals surface area contributed by atoms with E-state index < -0.39 is 0 Å². The van der Waals surface area contributed by atoms with Crippen molar-refractivity contribution in [2.45, 2.75) is 6.92 Å². The van der Waals surface area contributed by atoms with E-state index in [9.17, 15) is 4.39 Å². The van der Waals surface area contributed by atoms with E-state index in [1.165, 1.54) is 17.1 Å². The Morgan fingerprint density at radius 2 is 2.05 bits per heavy atom. The molecule has 3 aromatic rings. The Balaban J connectivity index is 1.86. The zero-order chi connectivity index (χ0) is 13.9. The van der Waals surface area contributed by atoms with Crippen LogP contribution in [0.25, 0.3) is 5.69 Å². The Morgan fingerprint density at radius 1 is 1.20 bits per heavy atom. The molecular weight excluding hydrogens is 257 g/mol. The summed E-state index contributed by atoms with van der Waals surface area (Å²) in [6, 6.07) is 8.30. The van der Waals surface area contributed by atoms with Crippen LogP contribution in [-0.4, -0.2) is 19.7 Å². The van der Waals surface area contributed by atoms with E-state index in [1.807, 2.05) is 13.0 Å². The van der Waals surface area contributed by atoms with Crippen molar-refractivity contribution in [3.8, 4) is 5.69 Å². The van der Waals surface area contributed by atoms with Crippen LogP contribution in [0.4, 0.5) is 15.9 Å². The maximum Gasteiger partial charge on any atom is 0.148 e. The maximum atomic E-state index is 13.7. The lowest BCUT2D eigenvalue weighted by molar-refractivity contribution is 0.611. The number of aromatic nitrogens is 4. The lowest BCUT2D eigenvalue weighted by Gasteiger charge is -2.03. The fourth-order valence-electron chi connectivity index (χ4n) is 1.83. The van der Waals surface area contributed by atoms with Crippen LogP contribution < -0.4 is 5.32 Å².